The number of halogens is 1. The number of cyclic esters (lactones) is 1. The van der Waals surface area contributed by atoms with Crippen LogP contribution in [0.2, 0.25) is 0 Å². The molecule has 0 saturated heterocycles. The predicted octanol–water partition coefficient (Wildman–Crippen LogP) is 5.46. The predicted molar refractivity (Wildman–Crippen MR) is 107 cm³/mol. The lowest BCUT2D eigenvalue weighted by Crippen LogP contribution is -2.05. The van der Waals surface area contributed by atoms with Gasteiger partial charge in [0.15, 0.2) is 5.70 Å². The Balaban J connectivity index is 1.61. The molecule has 0 aromatic heterocycles. The maximum atomic E-state index is 12.1. The SMILES string of the molecule is O=C1OC(c2ccc(-c3ccccc3)cc2)=NC1=Cc1cccc(Br)c1. The van der Waals surface area contributed by atoms with E-state index in [-0.39, 0.29) is 0 Å². The molecule has 0 radical (unpaired) electrons. The van der Waals surface area contributed by atoms with Crippen LogP contribution >= 0.6 is 15.9 Å². The number of carbonyl (C=O) groups is 1. The number of hydrogen-bond acceptors (Lipinski definition) is 3. The van der Waals surface area contributed by atoms with E-state index < -0.39 is 5.97 Å². The lowest BCUT2D eigenvalue weighted by atomic mass is 10.0. The smallest absolute Gasteiger partial charge is 0.363 e. The van der Waals surface area contributed by atoms with Crippen molar-refractivity contribution >= 4 is 33.9 Å². The zero-order chi connectivity index (χ0) is 17.9. The van der Waals surface area contributed by atoms with Gasteiger partial charge < -0.3 is 4.74 Å². The largest absolute Gasteiger partial charge is 0.402 e. The third kappa shape index (κ3) is 3.51. The number of carbonyl (C=O) groups excluding carboxylic acids is 1. The number of ether oxygens (including phenoxy) is 1. The topological polar surface area (TPSA) is 38.7 Å². The number of benzene rings is 3. The average Bonchev–Trinajstić information content (AvgIpc) is 3.03. The molecule has 0 fully saturated rings. The van der Waals surface area contributed by atoms with Crippen molar-refractivity contribution in [2.75, 3.05) is 0 Å². The van der Waals surface area contributed by atoms with Crippen LogP contribution in [0.1, 0.15) is 11.1 Å². The van der Waals surface area contributed by atoms with Gasteiger partial charge in [0.25, 0.3) is 0 Å². The zero-order valence-corrected chi connectivity index (χ0v) is 15.3. The van der Waals surface area contributed by atoms with Crippen molar-refractivity contribution in [2.24, 2.45) is 4.99 Å². The van der Waals surface area contributed by atoms with E-state index in [2.05, 4.69) is 33.1 Å². The quantitative estimate of drug-likeness (QED) is 0.430. The number of rotatable bonds is 3. The number of aliphatic imine (C=N–C) groups is 1. The van der Waals surface area contributed by atoms with Gasteiger partial charge in [-0.1, -0.05) is 70.5 Å². The molecule has 1 heterocycles. The minimum absolute atomic E-state index is 0.297. The first kappa shape index (κ1) is 16.5. The van der Waals surface area contributed by atoms with Crippen LogP contribution in [0.15, 0.2) is 94.0 Å². The lowest BCUT2D eigenvalue weighted by molar-refractivity contribution is -0.129. The third-order valence-electron chi connectivity index (χ3n) is 4.01. The summed E-state index contributed by atoms with van der Waals surface area (Å²) in [5.41, 5.74) is 4.19. The highest BCUT2D eigenvalue weighted by Crippen LogP contribution is 2.23. The van der Waals surface area contributed by atoms with Crippen molar-refractivity contribution in [3.05, 3.63) is 100 Å². The molecule has 3 aromatic carbocycles. The van der Waals surface area contributed by atoms with E-state index in [1.54, 1.807) is 6.08 Å². The van der Waals surface area contributed by atoms with Gasteiger partial charge in [0.05, 0.1) is 0 Å². The van der Waals surface area contributed by atoms with Crippen LogP contribution in [-0.2, 0) is 9.53 Å². The summed E-state index contributed by atoms with van der Waals surface area (Å²) in [5.74, 6) is -0.108. The van der Waals surface area contributed by atoms with Gasteiger partial charge >= 0.3 is 5.97 Å². The summed E-state index contributed by atoms with van der Waals surface area (Å²) < 4.78 is 6.28. The van der Waals surface area contributed by atoms with Gasteiger partial charge in [0.2, 0.25) is 5.90 Å². The van der Waals surface area contributed by atoms with Crippen LogP contribution in [0.4, 0.5) is 0 Å². The average molecular weight is 404 g/mol. The van der Waals surface area contributed by atoms with Crippen LogP contribution in [-0.4, -0.2) is 11.9 Å². The van der Waals surface area contributed by atoms with Crippen molar-refractivity contribution in [3.8, 4) is 11.1 Å². The van der Waals surface area contributed by atoms with Gasteiger partial charge in [0, 0.05) is 10.0 Å². The summed E-state index contributed by atoms with van der Waals surface area (Å²) in [5, 5.41) is 0. The molecule has 4 heteroatoms. The summed E-state index contributed by atoms with van der Waals surface area (Å²) in [7, 11) is 0. The monoisotopic (exact) mass is 403 g/mol. The van der Waals surface area contributed by atoms with Gasteiger partial charge in [0.1, 0.15) is 0 Å². The van der Waals surface area contributed by atoms with Gasteiger partial charge in [-0.25, -0.2) is 9.79 Å². The fourth-order valence-electron chi connectivity index (χ4n) is 2.72. The molecule has 3 nitrogen and oxygen atoms in total. The Bertz CT molecular complexity index is 1020. The minimum atomic E-state index is -0.438. The number of esters is 1. The standard InChI is InChI=1S/C22H14BrNO2/c23-19-8-4-5-15(13-19)14-20-22(25)26-21(24-20)18-11-9-17(10-12-18)16-6-2-1-3-7-16/h1-14H. The van der Waals surface area contributed by atoms with E-state index in [1.807, 2.05) is 66.7 Å². The molecule has 1 aliphatic heterocycles. The Hall–Kier alpha value is -2.98. The van der Waals surface area contributed by atoms with Crippen LogP contribution in [0, 0.1) is 0 Å². The molecule has 1 aliphatic rings. The molecule has 0 N–H and O–H groups in total. The fraction of sp³-hybridized carbons (Fsp3) is 0. The van der Waals surface area contributed by atoms with Gasteiger partial charge in [-0.05, 0) is 47.0 Å². The summed E-state index contributed by atoms with van der Waals surface area (Å²) in [6.07, 6.45) is 1.72. The first-order chi connectivity index (χ1) is 12.7. The molecule has 0 spiro atoms. The molecule has 0 bridgehead atoms. The summed E-state index contributed by atoms with van der Waals surface area (Å²) >= 11 is 3.42. The highest BCUT2D eigenvalue weighted by Gasteiger charge is 2.24. The Morgan fingerprint density at radius 3 is 2.23 bits per heavy atom. The van der Waals surface area contributed by atoms with Crippen LogP contribution in [0.3, 0.4) is 0 Å². The van der Waals surface area contributed by atoms with Gasteiger partial charge in [-0.15, -0.1) is 0 Å². The third-order valence-corrected chi connectivity index (χ3v) is 4.50. The maximum absolute atomic E-state index is 12.1. The molecule has 4 rings (SSSR count). The lowest BCUT2D eigenvalue weighted by Gasteiger charge is -2.03. The second kappa shape index (κ2) is 7.10. The van der Waals surface area contributed by atoms with E-state index in [0.717, 1.165) is 26.7 Å². The first-order valence-electron chi connectivity index (χ1n) is 8.13. The zero-order valence-electron chi connectivity index (χ0n) is 13.7. The van der Waals surface area contributed by atoms with Gasteiger partial charge in [-0.3, -0.25) is 0 Å². The molecule has 0 aliphatic carbocycles. The molecule has 0 unspecified atom stereocenters. The van der Waals surface area contributed by atoms with Crippen LogP contribution in [0.5, 0.6) is 0 Å². The molecular weight excluding hydrogens is 390 g/mol. The van der Waals surface area contributed by atoms with Crippen molar-refractivity contribution in [2.45, 2.75) is 0 Å². The highest BCUT2D eigenvalue weighted by molar-refractivity contribution is 9.10. The number of hydrogen-bond donors (Lipinski definition) is 0. The van der Waals surface area contributed by atoms with Crippen molar-refractivity contribution < 1.29 is 9.53 Å². The van der Waals surface area contributed by atoms with E-state index in [1.165, 1.54) is 0 Å². The van der Waals surface area contributed by atoms with E-state index in [9.17, 15) is 4.79 Å². The van der Waals surface area contributed by atoms with Crippen molar-refractivity contribution in [1.82, 2.24) is 0 Å². The van der Waals surface area contributed by atoms with E-state index >= 15 is 0 Å². The normalized spacial score (nSPS) is 15.0. The first-order valence-corrected chi connectivity index (χ1v) is 8.92. The summed E-state index contributed by atoms with van der Waals surface area (Å²) in [6.45, 7) is 0. The molecule has 26 heavy (non-hydrogen) atoms. The van der Waals surface area contributed by atoms with Crippen LogP contribution in [0.25, 0.3) is 17.2 Å². The highest BCUT2D eigenvalue weighted by atomic mass is 79.9. The summed E-state index contributed by atoms with van der Waals surface area (Å²) in [6, 6.07) is 25.6. The molecule has 0 saturated carbocycles. The Morgan fingerprint density at radius 1 is 0.808 bits per heavy atom. The van der Waals surface area contributed by atoms with Crippen molar-refractivity contribution in [3.63, 3.8) is 0 Å². The Kier molecular flexibility index (Phi) is 4.50. The molecular formula is C22H14BrNO2. The van der Waals surface area contributed by atoms with Crippen LogP contribution < -0.4 is 0 Å². The van der Waals surface area contributed by atoms with E-state index in [4.69, 9.17) is 4.74 Å². The molecule has 126 valence electrons. The molecule has 0 atom stereocenters. The molecule has 3 aromatic rings. The maximum Gasteiger partial charge on any atom is 0.363 e. The second-order valence-corrected chi connectivity index (χ2v) is 6.75. The Labute approximate surface area is 159 Å². The Morgan fingerprint density at radius 2 is 1.50 bits per heavy atom. The van der Waals surface area contributed by atoms with E-state index in [0.29, 0.717) is 11.6 Å². The second-order valence-electron chi connectivity index (χ2n) is 5.83. The minimum Gasteiger partial charge on any atom is -0.402 e. The summed E-state index contributed by atoms with van der Waals surface area (Å²) in [4.78, 5) is 16.5. The molecule has 0 amide bonds. The fourth-order valence-corrected chi connectivity index (χ4v) is 3.14. The van der Waals surface area contributed by atoms with Gasteiger partial charge in [-0.2, -0.15) is 0 Å². The number of nitrogens with zero attached hydrogens (tertiary/aromatic N) is 1. The van der Waals surface area contributed by atoms with Crippen molar-refractivity contribution in [1.29, 1.82) is 0 Å².